The number of aliphatic hydroxyl groups is 1. The van der Waals surface area contributed by atoms with Crippen LogP contribution in [0.15, 0.2) is 0 Å². The molecule has 0 bridgehead atoms. The van der Waals surface area contributed by atoms with Crippen LogP contribution in [0.2, 0.25) is 0 Å². The van der Waals surface area contributed by atoms with Crippen molar-refractivity contribution in [3.8, 4) is 0 Å². The van der Waals surface area contributed by atoms with Gasteiger partial charge in [0.1, 0.15) is 6.04 Å². The Hall–Kier alpha value is -1.22. The van der Waals surface area contributed by atoms with Crippen LogP contribution in [0.3, 0.4) is 0 Å². The van der Waals surface area contributed by atoms with E-state index in [1.165, 1.54) is 44.9 Å². The van der Waals surface area contributed by atoms with Crippen LogP contribution in [-0.2, 0) is 9.59 Å². The first-order valence-electron chi connectivity index (χ1n) is 15.5. The minimum absolute atomic E-state index is 0.0264. The van der Waals surface area contributed by atoms with Crippen molar-refractivity contribution in [1.82, 2.24) is 10.6 Å². The zero-order valence-electron chi connectivity index (χ0n) is 24.1. The summed E-state index contributed by atoms with van der Waals surface area (Å²) in [4.78, 5) is 25.3. The van der Waals surface area contributed by atoms with Crippen LogP contribution in [-0.4, -0.2) is 41.4 Å². The molecule has 0 aromatic rings. The lowest BCUT2D eigenvalue weighted by Gasteiger charge is -2.59. The second-order valence-electron chi connectivity index (χ2n) is 14.1. The molecule has 2 amide bonds. The first-order chi connectivity index (χ1) is 17.9. The Morgan fingerprint density at radius 3 is 2.45 bits per heavy atom. The third-order valence-electron chi connectivity index (χ3n) is 11.5. The maximum absolute atomic E-state index is 12.9. The topological polar surface area (TPSA) is 156 Å². The minimum atomic E-state index is -0.895. The quantitative estimate of drug-likeness (QED) is 0.237. The van der Waals surface area contributed by atoms with Gasteiger partial charge in [0.25, 0.3) is 0 Å². The number of carbonyl (C=O) groups is 2. The molecule has 218 valence electrons. The van der Waals surface area contributed by atoms with E-state index in [4.69, 9.17) is 17.2 Å². The standard InChI is InChI=1S/C30H55N5O3/c1-18(4-11-27(37)35-26(28(38)34-17-31)13-15-30(3,32)33)21-7-8-23-22(21)9-10-25-24(23)6-5-19-16-20(36)12-14-29(19,25)2/h18-26,36H,4-17,31-33H2,1-3H3,(H,34,38)(H,35,37). The molecule has 4 fully saturated rings. The van der Waals surface area contributed by atoms with Crippen molar-refractivity contribution in [2.75, 3.05) is 6.67 Å². The molecule has 38 heavy (non-hydrogen) atoms. The third kappa shape index (κ3) is 6.56. The van der Waals surface area contributed by atoms with Crippen LogP contribution in [0.1, 0.15) is 104 Å². The molecule has 4 rings (SSSR count). The van der Waals surface area contributed by atoms with Gasteiger partial charge in [0, 0.05) is 6.42 Å². The van der Waals surface area contributed by atoms with E-state index in [1.54, 1.807) is 6.92 Å². The number of fused-ring (bicyclic) bond motifs is 5. The van der Waals surface area contributed by atoms with Gasteiger partial charge in [-0.05, 0) is 131 Å². The molecule has 0 saturated heterocycles. The molecule has 0 aliphatic heterocycles. The molecule has 10 unspecified atom stereocenters. The first kappa shape index (κ1) is 29.8. The second-order valence-corrected chi connectivity index (χ2v) is 14.1. The van der Waals surface area contributed by atoms with Crippen molar-refractivity contribution < 1.29 is 14.7 Å². The van der Waals surface area contributed by atoms with Crippen LogP contribution in [0.4, 0.5) is 0 Å². The van der Waals surface area contributed by atoms with Gasteiger partial charge in [-0.2, -0.15) is 0 Å². The largest absolute Gasteiger partial charge is 0.393 e. The van der Waals surface area contributed by atoms with Crippen molar-refractivity contribution in [1.29, 1.82) is 0 Å². The Kier molecular flexibility index (Phi) is 9.48. The molecule has 4 aliphatic carbocycles. The highest BCUT2D eigenvalue weighted by Crippen LogP contribution is 2.64. The van der Waals surface area contributed by atoms with Gasteiger partial charge in [0.15, 0.2) is 0 Å². The maximum atomic E-state index is 12.9. The van der Waals surface area contributed by atoms with Crippen LogP contribution in [0, 0.1) is 46.8 Å². The number of aliphatic hydroxyl groups excluding tert-OH is 1. The molecule has 8 nitrogen and oxygen atoms in total. The summed E-state index contributed by atoms with van der Waals surface area (Å²) in [6.07, 6.45) is 13.1. The van der Waals surface area contributed by atoms with E-state index < -0.39 is 11.7 Å². The zero-order chi connectivity index (χ0) is 27.7. The van der Waals surface area contributed by atoms with Gasteiger partial charge in [-0.15, -0.1) is 0 Å². The summed E-state index contributed by atoms with van der Waals surface area (Å²) in [5.41, 5.74) is 16.8. The number of carbonyl (C=O) groups excluding carboxylic acids is 2. The number of amides is 2. The predicted molar refractivity (Wildman–Crippen MR) is 150 cm³/mol. The number of hydrogen-bond acceptors (Lipinski definition) is 6. The van der Waals surface area contributed by atoms with Crippen molar-refractivity contribution in [2.24, 2.45) is 64.0 Å². The summed E-state index contributed by atoms with van der Waals surface area (Å²) < 4.78 is 0. The van der Waals surface area contributed by atoms with Crippen molar-refractivity contribution in [3.63, 3.8) is 0 Å². The first-order valence-corrected chi connectivity index (χ1v) is 15.5. The highest BCUT2D eigenvalue weighted by Gasteiger charge is 2.56. The summed E-state index contributed by atoms with van der Waals surface area (Å²) in [7, 11) is 0. The molecule has 0 aromatic carbocycles. The summed E-state index contributed by atoms with van der Waals surface area (Å²) >= 11 is 0. The summed E-state index contributed by atoms with van der Waals surface area (Å²) in [6, 6.07) is -0.670. The third-order valence-corrected chi connectivity index (χ3v) is 11.5. The summed E-state index contributed by atoms with van der Waals surface area (Å²) in [5.74, 6) is 4.83. The predicted octanol–water partition coefficient (Wildman–Crippen LogP) is 2.96. The fraction of sp³-hybridized carbons (Fsp3) is 0.933. The van der Waals surface area contributed by atoms with E-state index in [1.807, 2.05) is 0 Å². The van der Waals surface area contributed by atoms with Crippen molar-refractivity contribution >= 4 is 11.8 Å². The van der Waals surface area contributed by atoms with Gasteiger partial charge in [-0.1, -0.05) is 13.8 Å². The molecule has 10 atom stereocenters. The van der Waals surface area contributed by atoms with Crippen LogP contribution < -0.4 is 27.8 Å². The lowest BCUT2D eigenvalue weighted by Crippen LogP contribution is -2.52. The van der Waals surface area contributed by atoms with Gasteiger partial charge < -0.3 is 32.9 Å². The highest BCUT2D eigenvalue weighted by molar-refractivity contribution is 5.87. The van der Waals surface area contributed by atoms with Gasteiger partial charge >= 0.3 is 0 Å². The van der Waals surface area contributed by atoms with Gasteiger partial charge in [0.2, 0.25) is 11.8 Å². The van der Waals surface area contributed by atoms with E-state index in [9.17, 15) is 14.7 Å². The molecule has 0 heterocycles. The lowest BCUT2D eigenvalue weighted by atomic mass is 9.47. The Balaban J connectivity index is 1.30. The number of hydrogen-bond donors (Lipinski definition) is 6. The zero-order valence-corrected chi connectivity index (χ0v) is 24.1. The lowest BCUT2D eigenvalue weighted by molar-refractivity contribution is -0.129. The molecule has 0 radical (unpaired) electrons. The molecule has 4 saturated carbocycles. The fourth-order valence-electron chi connectivity index (χ4n) is 9.43. The smallest absolute Gasteiger partial charge is 0.243 e. The van der Waals surface area contributed by atoms with Gasteiger partial charge in [-0.25, -0.2) is 0 Å². The van der Waals surface area contributed by atoms with E-state index in [2.05, 4.69) is 24.5 Å². The fourth-order valence-corrected chi connectivity index (χ4v) is 9.43. The normalized spacial score (nSPS) is 38.3. The van der Waals surface area contributed by atoms with Gasteiger partial charge in [-0.3, -0.25) is 9.59 Å². The molecular formula is C30H55N5O3. The molecule has 8 heteroatoms. The van der Waals surface area contributed by atoms with E-state index in [-0.39, 0.29) is 24.6 Å². The summed E-state index contributed by atoms with van der Waals surface area (Å²) in [6.45, 7) is 6.62. The minimum Gasteiger partial charge on any atom is -0.393 e. The monoisotopic (exact) mass is 533 g/mol. The number of rotatable bonds is 10. The second kappa shape index (κ2) is 12.1. The Labute approximate surface area is 230 Å². The Morgan fingerprint density at radius 2 is 1.74 bits per heavy atom. The average Bonchev–Trinajstić information content (AvgIpc) is 3.29. The van der Waals surface area contributed by atoms with Crippen molar-refractivity contribution in [3.05, 3.63) is 0 Å². The van der Waals surface area contributed by atoms with Crippen LogP contribution in [0.5, 0.6) is 0 Å². The Morgan fingerprint density at radius 1 is 1.03 bits per heavy atom. The molecule has 9 N–H and O–H groups in total. The van der Waals surface area contributed by atoms with E-state index >= 15 is 0 Å². The van der Waals surface area contributed by atoms with E-state index in [0.29, 0.717) is 42.4 Å². The van der Waals surface area contributed by atoms with Crippen LogP contribution in [0.25, 0.3) is 0 Å². The average molecular weight is 534 g/mol. The van der Waals surface area contributed by atoms with Crippen LogP contribution >= 0.6 is 0 Å². The molecule has 0 spiro atoms. The molecule has 4 aliphatic rings. The summed E-state index contributed by atoms with van der Waals surface area (Å²) in [5, 5.41) is 15.8. The van der Waals surface area contributed by atoms with Gasteiger partial charge in [0.05, 0.1) is 18.4 Å². The molecule has 0 aromatic heterocycles. The highest BCUT2D eigenvalue weighted by atomic mass is 16.3. The van der Waals surface area contributed by atoms with E-state index in [0.717, 1.165) is 42.9 Å². The number of nitrogens with one attached hydrogen (secondary N) is 2. The number of nitrogens with two attached hydrogens (primary N) is 3. The maximum Gasteiger partial charge on any atom is 0.243 e. The molecular weight excluding hydrogens is 478 g/mol. The Bertz CT molecular complexity index is 831. The van der Waals surface area contributed by atoms with Crippen molar-refractivity contribution in [2.45, 2.75) is 122 Å². The SMILES string of the molecule is CC(CCC(=O)NC(CCC(C)(N)N)C(=O)NCN)C1CCC2C1CCC1C2CCC2CC(O)CCC21C.